The van der Waals surface area contributed by atoms with Gasteiger partial charge in [0.15, 0.2) is 14.7 Å². The van der Waals surface area contributed by atoms with E-state index in [4.69, 9.17) is 14.6 Å². The van der Waals surface area contributed by atoms with Crippen molar-refractivity contribution in [1.29, 1.82) is 0 Å². The van der Waals surface area contributed by atoms with E-state index in [0.29, 0.717) is 6.42 Å². The van der Waals surface area contributed by atoms with E-state index in [1.807, 2.05) is 51.2 Å². The number of hydrogen-bond donors (Lipinski definition) is 1. The van der Waals surface area contributed by atoms with Crippen LogP contribution in [-0.2, 0) is 15.6 Å². The Balaban J connectivity index is 2.79. The summed E-state index contributed by atoms with van der Waals surface area (Å²) in [5.74, 6) is 0.461. The van der Waals surface area contributed by atoms with Crippen LogP contribution in [0.15, 0.2) is 53.0 Å². The summed E-state index contributed by atoms with van der Waals surface area (Å²) in [6.07, 6.45) is 13.2. The van der Waals surface area contributed by atoms with Crippen molar-refractivity contribution >= 4 is 14.2 Å². The topological polar surface area (TPSA) is 78.3 Å². The van der Waals surface area contributed by atoms with Gasteiger partial charge in [0.2, 0.25) is 5.91 Å². The molecule has 0 saturated carbocycles. The smallest absolute Gasteiger partial charge is 0.226 e. The maximum atomic E-state index is 11.9. The first kappa shape index (κ1) is 21.1. The van der Waals surface area contributed by atoms with Crippen LogP contribution in [0.2, 0.25) is 19.6 Å². The largest absolute Gasteiger partial charge is 0.448 e. The molecule has 0 saturated heterocycles. The molecule has 0 aliphatic rings. The average Bonchev–Trinajstić information content (AvgIpc) is 3.00. The Morgan fingerprint density at radius 2 is 2.04 bits per heavy atom. The van der Waals surface area contributed by atoms with Crippen LogP contribution in [0.5, 0.6) is 0 Å². The van der Waals surface area contributed by atoms with Gasteiger partial charge in [-0.3, -0.25) is 4.79 Å². The summed E-state index contributed by atoms with van der Waals surface area (Å²) in [4.78, 5) is 15.7. The molecule has 0 spiro atoms. The molecule has 0 radical (unpaired) electrons. The Morgan fingerprint density at radius 1 is 1.36 bits per heavy atom. The minimum absolute atomic E-state index is 0.334. The number of oxazole rings is 1. The molecule has 1 atom stereocenters. The SMILES string of the molecule is C/C(=C/C=C\C=C\Cc1cnco1)[C@@H](O[Si](C)(C)C)C(C)(C)C(N)=O. The van der Waals surface area contributed by atoms with E-state index in [1.165, 1.54) is 6.39 Å². The number of aromatic nitrogens is 1. The van der Waals surface area contributed by atoms with Crippen molar-refractivity contribution < 1.29 is 13.6 Å². The monoisotopic (exact) mass is 362 g/mol. The molecule has 0 unspecified atom stereocenters. The predicted octanol–water partition coefficient (Wildman–Crippen LogP) is 4.01. The summed E-state index contributed by atoms with van der Waals surface area (Å²) in [6, 6.07) is 0. The van der Waals surface area contributed by atoms with Crippen molar-refractivity contribution in [3.63, 3.8) is 0 Å². The molecule has 2 N–H and O–H groups in total. The lowest BCUT2D eigenvalue weighted by atomic mass is 9.82. The fourth-order valence-electron chi connectivity index (χ4n) is 2.26. The number of carbonyl (C=O) groups is 1. The van der Waals surface area contributed by atoms with Gasteiger partial charge in [-0.25, -0.2) is 4.98 Å². The molecule has 0 aliphatic carbocycles. The molecule has 1 aromatic heterocycles. The van der Waals surface area contributed by atoms with E-state index in [0.717, 1.165) is 11.3 Å². The zero-order valence-corrected chi connectivity index (χ0v) is 17.1. The molecule has 0 fully saturated rings. The highest BCUT2D eigenvalue weighted by Gasteiger charge is 2.39. The third-order valence-electron chi connectivity index (χ3n) is 3.70. The number of nitrogens with zero attached hydrogens (tertiary/aromatic N) is 1. The molecule has 25 heavy (non-hydrogen) atoms. The van der Waals surface area contributed by atoms with E-state index >= 15 is 0 Å². The lowest BCUT2D eigenvalue weighted by Crippen LogP contribution is -2.48. The standard InChI is InChI=1S/C19H30N2O3Si/c1-15(11-9-7-8-10-12-16-13-21-14-23-16)17(24-25(4,5)6)19(2,3)18(20)22/h7-11,13-14,17H,12H2,1-6H3,(H2,20,22)/b9-7-,10-8+,15-11-/t17-/m1/s1. The normalized spacial score (nSPS) is 15.2. The van der Waals surface area contributed by atoms with Gasteiger partial charge in [0, 0.05) is 6.42 Å². The van der Waals surface area contributed by atoms with Gasteiger partial charge in [-0.15, -0.1) is 0 Å². The highest BCUT2D eigenvalue weighted by atomic mass is 28.4. The molecule has 5 nitrogen and oxygen atoms in total. The number of carbonyl (C=O) groups excluding carboxylic acids is 1. The van der Waals surface area contributed by atoms with Crippen molar-refractivity contribution in [2.45, 2.75) is 52.9 Å². The minimum Gasteiger partial charge on any atom is -0.448 e. The van der Waals surface area contributed by atoms with E-state index in [2.05, 4.69) is 24.6 Å². The Bertz CT molecular complexity index is 638. The molecular weight excluding hydrogens is 332 g/mol. The maximum Gasteiger partial charge on any atom is 0.226 e. The van der Waals surface area contributed by atoms with Crippen molar-refractivity contribution in [1.82, 2.24) is 4.98 Å². The second-order valence-corrected chi connectivity index (χ2v) is 12.1. The van der Waals surface area contributed by atoms with Gasteiger partial charge in [0.05, 0.1) is 17.7 Å². The summed E-state index contributed by atoms with van der Waals surface area (Å²) in [7, 11) is -1.83. The summed E-state index contributed by atoms with van der Waals surface area (Å²) in [6.45, 7) is 11.9. The minimum atomic E-state index is -1.83. The second-order valence-electron chi connectivity index (χ2n) is 7.59. The quantitative estimate of drug-likeness (QED) is 0.532. The van der Waals surface area contributed by atoms with E-state index in [-0.39, 0.29) is 12.0 Å². The zero-order valence-electron chi connectivity index (χ0n) is 16.1. The number of hydrogen-bond acceptors (Lipinski definition) is 4. The molecule has 138 valence electrons. The van der Waals surface area contributed by atoms with Gasteiger partial charge in [-0.2, -0.15) is 0 Å². The van der Waals surface area contributed by atoms with E-state index in [1.54, 1.807) is 6.20 Å². The molecule has 0 aliphatic heterocycles. The first-order chi connectivity index (χ1) is 11.5. The Hall–Kier alpha value is -1.92. The molecule has 0 bridgehead atoms. The van der Waals surface area contributed by atoms with Crippen LogP contribution in [0.3, 0.4) is 0 Å². The second kappa shape index (κ2) is 8.96. The summed E-state index contributed by atoms with van der Waals surface area (Å²) >= 11 is 0. The summed E-state index contributed by atoms with van der Waals surface area (Å²) in [5, 5.41) is 0. The predicted molar refractivity (Wildman–Crippen MR) is 103 cm³/mol. The first-order valence-electron chi connectivity index (χ1n) is 8.39. The van der Waals surface area contributed by atoms with Gasteiger partial charge < -0.3 is 14.6 Å². The van der Waals surface area contributed by atoms with Gasteiger partial charge in [-0.1, -0.05) is 30.4 Å². The van der Waals surface area contributed by atoms with Crippen LogP contribution >= 0.6 is 0 Å². The van der Waals surface area contributed by atoms with Crippen LogP contribution in [0, 0.1) is 5.41 Å². The van der Waals surface area contributed by atoms with E-state index < -0.39 is 13.7 Å². The van der Waals surface area contributed by atoms with Crippen molar-refractivity contribution in [2.24, 2.45) is 11.1 Å². The molecule has 1 heterocycles. The molecule has 1 amide bonds. The van der Waals surface area contributed by atoms with E-state index in [9.17, 15) is 4.79 Å². The van der Waals surface area contributed by atoms with Gasteiger partial charge >= 0.3 is 0 Å². The number of rotatable bonds is 9. The fraction of sp³-hybridized carbons (Fsp3) is 0.474. The van der Waals surface area contributed by atoms with Crippen LogP contribution < -0.4 is 5.73 Å². The number of primary amides is 1. The average molecular weight is 363 g/mol. The lowest BCUT2D eigenvalue weighted by molar-refractivity contribution is -0.129. The van der Waals surface area contributed by atoms with Gasteiger partial charge in [0.25, 0.3) is 0 Å². The lowest BCUT2D eigenvalue weighted by Gasteiger charge is -2.36. The first-order valence-corrected chi connectivity index (χ1v) is 11.8. The van der Waals surface area contributed by atoms with Crippen molar-refractivity contribution in [3.05, 3.63) is 54.3 Å². The third-order valence-corrected chi connectivity index (χ3v) is 4.64. The van der Waals surface area contributed by atoms with Crippen LogP contribution in [-0.4, -0.2) is 25.3 Å². The zero-order chi connectivity index (χ0) is 19.1. The summed E-state index contributed by atoms with van der Waals surface area (Å²) in [5.41, 5.74) is 5.81. The highest BCUT2D eigenvalue weighted by molar-refractivity contribution is 6.69. The van der Waals surface area contributed by atoms with Gasteiger partial charge in [-0.05, 0) is 46.0 Å². The molecule has 0 aromatic carbocycles. The van der Waals surface area contributed by atoms with Crippen molar-refractivity contribution in [3.8, 4) is 0 Å². The Morgan fingerprint density at radius 3 is 2.56 bits per heavy atom. The third kappa shape index (κ3) is 7.23. The number of amides is 1. The maximum absolute atomic E-state index is 11.9. The fourth-order valence-corrected chi connectivity index (χ4v) is 3.44. The number of allylic oxidation sites excluding steroid dienone is 5. The Kier molecular flexibility index (Phi) is 7.57. The van der Waals surface area contributed by atoms with Gasteiger partial charge in [0.1, 0.15) is 5.76 Å². The number of nitrogens with two attached hydrogens (primary N) is 1. The van der Waals surface area contributed by atoms with Crippen LogP contribution in [0.25, 0.3) is 0 Å². The van der Waals surface area contributed by atoms with Crippen molar-refractivity contribution in [2.75, 3.05) is 0 Å². The molecule has 1 aromatic rings. The van der Waals surface area contributed by atoms with Crippen LogP contribution in [0.4, 0.5) is 0 Å². The molecule has 6 heteroatoms. The highest BCUT2D eigenvalue weighted by Crippen LogP contribution is 2.31. The molecule has 1 rings (SSSR count). The summed E-state index contributed by atoms with van der Waals surface area (Å²) < 4.78 is 11.4. The van der Waals surface area contributed by atoms with Crippen LogP contribution in [0.1, 0.15) is 26.5 Å². The molecular formula is C19H30N2O3Si. The Labute approximate surface area is 151 Å².